The van der Waals surface area contributed by atoms with Gasteiger partial charge in [-0.05, 0) is 41.8 Å². The molecule has 0 aliphatic carbocycles. The maximum absolute atomic E-state index is 12.6. The van der Waals surface area contributed by atoms with Crippen LogP contribution in [-0.4, -0.2) is 17.0 Å². The minimum Gasteiger partial charge on any atom is -0.477 e. The molecule has 0 aliphatic rings. The van der Waals surface area contributed by atoms with Crippen molar-refractivity contribution in [2.45, 2.75) is 0 Å². The van der Waals surface area contributed by atoms with Crippen molar-refractivity contribution in [1.29, 1.82) is 0 Å². The maximum atomic E-state index is 12.6. The van der Waals surface area contributed by atoms with Gasteiger partial charge in [0.1, 0.15) is 5.70 Å². The number of carbonyl (C=O) groups is 2. The van der Waals surface area contributed by atoms with Gasteiger partial charge in [0.15, 0.2) is 0 Å². The molecule has 0 bridgehead atoms. The van der Waals surface area contributed by atoms with Crippen LogP contribution in [0.15, 0.2) is 72.4 Å². The molecule has 2 heterocycles. The molecule has 0 unspecified atom stereocenters. The first-order valence-electron chi connectivity index (χ1n) is 8.61. The molecule has 4 aromatic rings. The third kappa shape index (κ3) is 4.24. The molecular weight excluding hydrogens is 426 g/mol. The SMILES string of the molecule is O=C(O)/C(=C\c1ccc(-c2ccccc2Cl)s1)NC(=O)c1cc2ccccc2s1. The van der Waals surface area contributed by atoms with Crippen LogP contribution < -0.4 is 5.32 Å². The maximum Gasteiger partial charge on any atom is 0.352 e. The molecule has 2 aromatic heterocycles. The first-order valence-corrected chi connectivity index (χ1v) is 10.6. The summed E-state index contributed by atoms with van der Waals surface area (Å²) in [6.45, 7) is 0. The van der Waals surface area contributed by atoms with Crippen LogP contribution in [0.1, 0.15) is 14.5 Å². The molecule has 0 saturated carbocycles. The number of aliphatic carboxylic acids is 1. The van der Waals surface area contributed by atoms with E-state index in [9.17, 15) is 14.7 Å². The molecule has 2 aromatic carbocycles. The summed E-state index contributed by atoms with van der Waals surface area (Å²) in [6.07, 6.45) is 1.46. The summed E-state index contributed by atoms with van der Waals surface area (Å²) in [4.78, 5) is 26.3. The monoisotopic (exact) mass is 439 g/mol. The number of thiophene rings is 2. The second-order valence-corrected chi connectivity index (χ2v) is 8.75. The minimum absolute atomic E-state index is 0.181. The summed E-state index contributed by atoms with van der Waals surface area (Å²) in [7, 11) is 0. The predicted molar refractivity (Wildman–Crippen MR) is 120 cm³/mol. The smallest absolute Gasteiger partial charge is 0.352 e. The molecule has 29 heavy (non-hydrogen) atoms. The van der Waals surface area contributed by atoms with E-state index in [0.29, 0.717) is 14.8 Å². The van der Waals surface area contributed by atoms with Gasteiger partial charge in [-0.3, -0.25) is 4.79 Å². The van der Waals surface area contributed by atoms with Gasteiger partial charge in [-0.25, -0.2) is 4.79 Å². The van der Waals surface area contributed by atoms with Crippen LogP contribution >= 0.6 is 34.3 Å². The first kappa shape index (κ1) is 19.4. The van der Waals surface area contributed by atoms with Crippen LogP contribution in [0.3, 0.4) is 0 Å². The number of halogens is 1. The van der Waals surface area contributed by atoms with E-state index in [4.69, 9.17) is 11.6 Å². The molecule has 2 N–H and O–H groups in total. The number of amides is 1. The van der Waals surface area contributed by atoms with Crippen LogP contribution in [-0.2, 0) is 4.79 Å². The molecule has 0 atom stereocenters. The fraction of sp³-hybridized carbons (Fsp3) is 0. The topological polar surface area (TPSA) is 66.4 Å². The molecule has 0 saturated heterocycles. The average molecular weight is 440 g/mol. The molecule has 7 heteroatoms. The third-order valence-electron chi connectivity index (χ3n) is 4.18. The largest absolute Gasteiger partial charge is 0.477 e. The third-order valence-corrected chi connectivity index (χ3v) is 6.69. The quantitative estimate of drug-likeness (QED) is 0.367. The zero-order valence-electron chi connectivity index (χ0n) is 14.9. The Kier molecular flexibility index (Phi) is 5.49. The summed E-state index contributed by atoms with van der Waals surface area (Å²) in [5.74, 6) is -1.64. The number of rotatable bonds is 5. The normalized spacial score (nSPS) is 11.6. The van der Waals surface area contributed by atoms with Gasteiger partial charge in [0, 0.05) is 25.0 Å². The van der Waals surface area contributed by atoms with Gasteiger partial charge in [0.2, 0.25) is 0 Å². The molecule has 4 rings (SSSR count). The molecule has 0 spiro atoms. The van der Waals surface area contributed by atoms with Gasteiger partial charge in [-0.2, -0.15) is 0 Å². The highest BCUT2D eigenvalue weighted by Crippen LogP contribution is 2.34. The predicted octanol–water partition coefficient (Wildman–Crippen LogP) is 6.14. The molecule has 144 valence electrons. The van der Waals surface area contributed by atoms with Crippen molar-refractivity contribution in [1.82, 2.24) is 5.32 Å². The van der Waals surface area contributed by atoms with Crippen molar-refractivity contribution >= 4 is 62.3 Å². The second kappa shape index (κ2) is 8.21. The van der Waals surface area contributed by atoms with Crippen LogP contribution in [0.2, 0.25) is 5.02 Å². The number of fused-ring (bicyclic) bond motifs is 1. The van der Waals surface area contributed by atoms with E-state index in [1.165, 1.54) is 28.7 Å². The number of carboxylic acids is 1. The molecular formula is C22H14ClNO3S2. The van der Waals surface area contributed by atoms with E-state index in [1.807, 2.05) is 48.5 Å². The zero-order chi connectivity index (χ0) is 20.4. The van der Waals surface area contributed by atoms with Crippen molar-refractivity contribution in [3.8, 4) is 10.4 Å². The first-order chi connectivity index (χ1) is 14.0. The number of carboxylic acid groups (broad SMARTS) is 1. The Morgan fingerprint density at radius 1 is 0.966 bits per heavy atom. The highest BCUT2D eigenvalue weighted by Gasteiger charge is 2.16. The lowest BCUT2D eigenvalue weighted by Crippen LogP contribution is -2.26. The number of benzene rings is 2. The number of nitrogens with one attached hydrogen (secondary N) is 1. The summed E-state index contributed by atoms with van der Waals surface area (Å²) in [6, 6.07) is 20.5. The highest BCUT2D eigenvalue weighted by molar-refractivity contribution is 7.20. The van der Waals surface area contributed by atoms with E-state index >= 15 is 0 Å². The number of carbonyl (C=O) groups excluding carboxylic acids is 1. The van der Waals surface area contributed by atoms with Crippen molar-refractivity contribution < 1.29 is 14.7 Å². The van der Waals surface area contributed by atoms with Crippen LogP contribution in [0.5, 0.6) is 0 Å². The van der Waals surface area contributed by atoms with Crippen molar-refractivity contribution in [2.24, 2.45) is 0 Å². The molecule has 4 nitrogen and oxygen atoms in total. The summed E-state index contributed by atoms with van der Waals surface area (Å²) in [5.41, 5.74) is 0.699. The summed E-state index contributed by atoms with van der Waals surface area (Å²) < 4.78 is 0.973. The molecule has 0 aliphatic heterocycles. The fourth-order valence-corrected chi connectivity index (χ4v) is 5.05. The minimum atomic E-state index is -1.20. The lowest BCUT2D eigenvalue weighted by atomic mass is 10.2. The Bertz CT molecular complexity index is 1220. The Balaban J connectivity index is 1.59. The van der Waals surface area contributed by atoms with Gasteiger partial charge >= 0.3 is 5.97 Å². The van der Waals surface area contributed by atoms with Gasteiger partial charge in [0.05, 0.1) is 4.88 Å². The molecule has 0 radical (unpaired) electrons. The Labute approximate surface area is 179 Å². The van der Waals surface area contributed by atoms with E-state index in [-0.39, 0.29) is 5.70 Å². The van der Waals surface area contributed by atoms with E-state index in [1.54, 1.807) is 18.2 Å². The average Bonchev–Trinajstić information content (AvgIpc) is 3.34. The van der Waals surface area contributed by atoms with Gasteiger partial charge < -0.3 is 10.4 Å². The van der Waals surface area contributed by atoms with Crippen molar-refractivity contribution in [2.75, 3.05) is 0 Å². The van der Waals surface area contributed by atoms with Crippen molar-refractivity contribution in [3.05, 3.63) is 87.2 Å². The standard InChI is InChI=1S/C22H14ClNO3S2/c23-16-7-3-2-6-15(16)19-10-9-14(28-19)12-17(22(26)27)24-21(25)20-11-13-5-1-4-8-18(13)29-20/h1-12H,(H,24,25)(H,26,27)/b17-12+. The van der Waals surface area contributed by atoms with Gasteiger partial charge in [-0.1, -0.05) is 48.0 Å². The molecule has 1 amide bonds. The van der Waals surface area contributed by atoms with Crippen molar-refractivity contribution in [3.63, 3.8) is 0 Å². The van der Waals surface area contributed by atoms with Gasteiger partial charge in [-0.15, -0.1) is 22.7 Å². The summed E-state index contributed by atoms with van der Waals surface area (Å²) in [5, 5.41) is 13.6. The van der Waals surface area contributed by atoms with E-state index in [0.717, 1.165) is 20.5 Å². The van der Waals surface area contributed by atoms with Crippen LogP contribution in [0.25, 0.3) is 26.6 Å². The Hall–Kier alpha value is -2.93. The number of hydrogen-bond donors (Lipinski definition) is 2. The van der Waals surface area contributed by atoms with Gasteiger partial charge in [0.25, 0.3) is 5.91 Å². The lowest BCUT2D eigenvalue weighted by molar-refractivity contribution is -0.132. The lowest BCUT2D eigenvalue weighted by Gasteiger charge is -2.04. The van der Waals surface area contributed by atoms with E-state index in [2.05, 4.69) is 5.32 Å². The zero-order valence-corrected chi connectivity index (χ0v) is 17.3. The van der Waals surface area contributed by atoms with E-state index < -0.39 is 11.9 Å². The molecule has 0 fully saturated rings. The summed E-state index contributed by atoms with van der Waals surface area (Å²) >= 11 is 8.96. The second-order valence-electron chi connectivity index (χ2n) is 6.15. The Morgan fingerprint density at radius 3 is 2.48 bits per heavy atom. The number of hydrogen-bond acceptors (Lipinski definition) is 4. The highest BCUT2D eigenvalue weighted by atomic mass is 35.5. The van der Waals surface area contributed by atoms with Crippen LogP contribution in [0.4, 0.5) is 0 Å². The fourth-order valence-electron chi connectivity index (χ4n) is 2.81. The Morgan fingerprint density at radius 2 is 1.72 bits per heavy atom. The van der Waals surface area contributed by atoms with Crippen LogP contribution in [0, 0.1) is 0 Å².